The quantitative estimate of drug-likeness (QED) is 0.582. The van der Waals surface area contributed by atoms with E-state index in [9.17, 15) is 8.42 Å². The summed E-state index contributed by atoms with van der Waals surface area (Å²) in [4.78, 5) is 0. The van der Waals surface area contributed by atoms with Crippen LogP contribution in [0.25, 0.3) is 0 Å². The lowest BCUT2D eigenvalue weighted by Gasteiger charge is -2.13. The predicted molar refractivity (Wildman–Crippen MR) is 49.4 cm³/mol. The smallest absolute Gasteiger partial charge is 0.151 e. The van der Waals surface area contributed by atoms with E-state index in [1.807, 2.05) is 0 Å². The Bertz CT molecular complexity index is 394. The molecule has 3 nitrogen and oxygen atoms in total. The van der Waals surface area contributed by atoms with E-state index in [4.69, 9.17) is 5.26 Å². The summed E-state index contributed by atoms with van der Waals surface area (Å²) in [6, 6.07) is 2.09. The summed E-state index contributed by atoms with van der Waals surface area (Å²) in [6.07, 6.45) is 0.805. The summed E-state index contributed by atoms with van der Waals surface area (Å²) in [5, 5.41) is 8.89. The van der Waals surface area contributed by atoms with Gasteiger partial charge >= 0.3 is 0 Å². The van der Waals surface area contributed by atoms with Gasteiger partial charge in [0.1, 0.15) is 0 Å². The largest absolute Gasteiger partial charge is 0.229 e. The molecule has 70 valence electrons. The van der Waals surface area contributed by atoms with E-state index in [1.165, 1.54) is 0 Å². The van der Waals surface area contributed by atoms with Gasteiger partial charge in [0.15, 0.2) is 9.84 Å². The number of nitriles is 1. The third kappa shape index (κ3) is 2.23. The third-order valence-corrected chi connectivity index (χ3v) is 4.05. The summed E-state index contributed by atoms with van der Waals surface area (Å²) in [5.74, 6) is 5.58. The molecule has 0 aromatic rings. The zero-order valence-corrected chi connectivity index (χ0v) is 8.32. The first-order chi connectivity index (χ1) is 6.04. The minimum Gasteiger partial charge on any atom is -0.229 e. The molecular weight excluding hydrogens is 186 g/mol. The summed E-state index contributed by atoms with van der Waals surface area (Å²) in [6.45, 7) is 1.69. The van der Waals surface area contributed by atoms with Crippen molar-refractivity contribution in [1.82, 2.24) is 0 Å². The van der Waals surface area contributed by atoms with Gasteiger partial charge in [-0.2, -0.15) is 5.26 Å². The highest BCUT2D eigenvalue weighted by Crippen LogP contribution is 2.34. The van der Waals surface area contributed by atoms with Crippen LogP contribution in [0.15, 0.2) is 0 Å². The lowest BCUT2D eigenvalue weighted by Crippen LogP contribution is -2.19. The summed E-state index contributed by atoms with van der Waals surface area (Å²) in [7, 11) is -2.99. The minimum atomic E-state index is -2.99. The summed E-state index contributed by atoms with van der Waals surface area (Å²) < 4.78 is 22.3. The Morgan fingerprint density at radius 1 is 1.54 bits per heavy atom. The normalized spacial score (nSPS) is 30.2. The van der Waals surface area contributed by atoms with Crippen LogP contribution in [0.5, 0.6) is 0 Å². The number of rotatable bonds is 1. The molecule has 0 N–H and O–H groups in total. The first-order valence-electron chi connectivity index (χ1n) is 4.05. The molecule has 0 amide bonds. The van der Waals surface area contributed by atoms with E-state index in [1.54, 1.807) is 6.92 Å². The van der Waals surface area contributed by atoms with E-state index >= 15 is 0 Å². The maximum Gasteiger partial charge on any atom is 0.151 e. The second-order valence-corrected chi connectivity index (χ2v) is 5.52. The van der Waals surface area contributed by atoms with Gasteiger partial charge in [-0.25, -0.2) is 8.42 Å². The Morgan fingerprint density at radius 3 is 2.62 bits per heavy atom. The highest BCUT2D eigenvalue weighted by molar-refractivity contribution is 7.91. The first kappa shape index (κ1) is 10.1. The molecule has 1 aliphatic heterocycles. The molecule has 4 heteroatoms. The van der Waals surface area contributed by atoms with Crippen LogP contribution >= 0.6 is 0 Å². The molecular formula is C9H11NO2S. The molecule has 1 rings (SSSR count). The molecule has 1 saturated heterocycles. The van der Waals surface area contributed by atoms with Crippen LogP contribution in [0.2, 0.25) is 0 Å². The van der Waals surface area contributed by atoms with E-state index < -0.39 is 15.3 Å². The third-order valence-electron chi connectivity index (χ3n) is 2.23. The highest BCUT2D eigenvalue weighted by Gasteiger charge is 2.41. The lowest BCUT2D eigenvalue weighted by molar-refractivity contribution is 0.468. The van der Waals surface area contributed by atoms with E-state index in [0.717, 1.165) is 0 Å². The maximum atomic E-state index is 11.2. The predicted octanol–water partition coefficient (Wildman–Crippen LogP) is 0.728. The van der Waals surface area contributed by atoms with Gasteiger partial charge in [-0.1, -0.05) is 0 Å². The fraction of sp³-hybridized carbons (Fsp3) is 0.667. The SMILES string of the molecule is CC#CCC1(C#N)CCS(=O)(=O)C1. The van der Waals surface area contributed by atoms with Crippen molar-refractivity contribution in [2.75, 3.05) is 11.5 Å². The maximum absolute atomic E-state index is 11.2. The van der Waals surface area contributed by atoms with Gasteiger partial charge in [0.25, 0.3) is 0 Å². The molecule has 13 heavy (non-hydrogen) atoms. The van der Waals surface area contributed by atoms with Crippen LogP contribution in [0.1, 0.15) is 19.8 Å². The van der Waals surface area contributed by atoms with Gasteiger partial charge in [-0.3, -0.25) is 0 Å². The van der Waals surface area contributed by atoms with E-state index in [2.05, 4.69) is 17.9 Å². The van der Waals surface area contributed by atoms with Crippen LogP contribution in [0.4, 0.5) is 0 Å². The van der Waals surface area contributed by atoms with Crippen molar-refractivity contribution in [3.8, 4) is 17.9 Å². The molecule has 0 spiro atoms. The molecule has 0 saturated carbocycles. The Hall–Kier alpha value is -1.00. The molecule has 0 aliphatic carbocycles. The van der Waals surface area contributed by atoms with E-state index in [-0.39, 0.29) is 11.5 Å². The Morgan fingerprint density at radius 2 is 2.23 bits per heavy atom. The second-order valence-electron chi connectivity index (χ2n) is 3.34. The van der Waals surface area contributed by atoms with Gasteiger partial charge in [-0.05, 0) is 13.3 Å². The molecule has 1 heterocycles. The molecule has 0 radical (unpaired) electrons. The lowest BCUT2D eigenvalue weighted by atomic mass is 9.86. The Balaban J connectivity index is 2.86. The average Bonchev–Trinajstić information content (AvgIpc) is 2.40. The fourth-order valence-corrected chi connectivity index (χ4v) is 3.44. The fourth-order valence-electron chi connectivity index (χ4n) is 1.44. The van der Waals surface area contributed by atoms with Crippen molar-refractivity contribution in [3.05, 3.63) is 0 Å². The number of nitrogens with zero attached hydrogens (tertiary/aromatic N) is 1. The summed E-state index contributed by atoms with van der Waals surface area (Å²) in [5.41, 5.74) is -0.734. The average molecular weight is 197 g/mol. The second kappa shape index (κ2) is 3.40. The molecule has 0 bridgehead atoms. The van der Waals surface area contributed by atoms with Gasteiger partial charge in [0.2, 0.25) is 0 Å². The van der Waals surface area contributed by atoms with Crippen LogP contribution in [0.3, 0.4) is 0 Å². The Labute approximate surface area is 78.7 Å². The van der Waals surface area contributed by atoms with Crippen molar-refractivity contribution in [2.24, 2.45) is 5.41 Å². The van der Waals surface area contributed by atoms with Gasteiger partial charge < -0.3 is 0 Å². The number of hydrogen-bond acceptors (Lipinski definition) is 3. The van der Waals surface area contributed by atoms with Crippen LogP contribution in [-0.2, 0) is 9.84 Å². The van der Waals surface area contributed by atoms with Gasteiger partial charge in [0, 0.05) is 6.42 Å². The molecule has 0 aromatic carbocycles. The van der Waals surface area contributed by atoms with Crippen molar-refractivity contribution >= 4 is 9.84 Å². The van der Waals surface area contributed by atoms with Crippen LogP contribution < -0.4 is 0 Å². The number of sulfone groups is 1. The van der Waals surface area contributed by atoms with Crippen molar-refractivity contribution in [1.29, 1.82) is 5.26 Å². The highest BCUT2D eigenvalue weighted by atomic mass is 32.2. The topological polar surface area (TPSA) is 57.9 Å². The van der Waals surface area contributed by atoms with Crippen LogP contribution in [-0.4, -0.2) is 19.9 Å². The van der Waals surface area contributed by atoms with E-state index in [0.29, 0.717) is 12.8 Å². The zero-order valence-electron chi connectivity index (χ0n) is 7.50. The van der Waals surface area contributed by atoms with Crippen molar-refractivity contribution < 1.29 is 8.42 Å². The van der Waals surface area contributed by atoms with Gasteiger partial charge in [-0.15, -0.1) is 11.8 Å². The molecule has 1 atom stereocenters. The van der Waals surface area contributed by atoms with Crippen molar-refractivity contribution in [3.63, 3.8) is 0 Å². The number of hydrogen-bond donors (Lipinski definition) is 0. The first-order valence-corrected chi connectivity index (χ1v) is 5.87. The molecule has 1 aliphatic rings. The van der Waals surface area contributed by atoms with Crippen LogP contribution in [0, 0.1) is 28.6 Å². The molecule has 0 aromatic heterocycles. The standard InChI is InChI=1S/C9H11NO2S/c1-2-3-4-9(7-10)5-6-13(11,12)8-9/h4-6,8H2,1H3. The molecule has 1 unspecified atom stereocenters. The van der Waals surface area contributed by atoms with Crippen molar-refractivity contribution in [2.45, 2.75) is 19.8 Å². The van der Waals surface area contributed by atoms with Gasteiger partial charge in [0.05, 0.1) is 23.0 Å². The minimum absolute atomic E-state index is 0.0226. The zero-order chi connectivity index (χ0) is 9.95. The Kier molecular flexibility index (Phi) is 2.63. The molecule has 1 fully saturated rings. The monoisotopic (exact) mass is 197 g/mol. The summed E-state index contributed by atoms with van der Waals surface area (Å²) >= 11 is 0.